The maximum atomic E-state index is 11.1. The molecule has 0 saturated carbocycles. The van der Waals surface area contributed by atoms with Gasteiger partial charge in [-0.15, -0.1) is 0 Å². The normalized spacial score (nSPS) is 10.6. The lowest BCUT2D eigenvalue weighted by Crippen LogP contribution is -2.04. The fraction of sp³-hybridized carbons (Fsp3) is 0.895. The van der Waals surface area contributed by atoms with E-state index in [0.717, 1.165) is 32.0 Å². The second-order valence-electron chi connectivity index (χ2n) is 6.17. The molecule has 0 spiro atoms. The zero-order valence-electron chi connectivity index (χ0n) is 14.6. The number of carbonyl (C=O) groups excluding carboxylic acids is 2. The monoisotopic (exact) mass is 312 g/mol. The van der Waals surface area contributed by atoms with Gasteiger partial charge in [-0.3, -0.25) is 4.79 Å². The van der Waals surface area contributed by atoms with Gasteiger partial charge in [-0.2, -0.15) is 0 Å². The third kappa shape index (κ3) is 17.2. The van der Waals surface area contributed by atoms with Crippen molar-refractivity contribution in [2.24, 2.45) is 0 Å². The van der Waals surface area contributed by atoms with Gasteiger partial charge in [0.1, 0.15) is 6.29 Å². The summed E-state index contributed by atoms with van der Waals surface area (Å²) in [5, 5.41) is 0. The van der Waals surface area contributed by atoms with Crippen molar-refractivity contribution in [3.05, 3.63) is 0 Å². The van der Waals surface area contributed by atoms with Crippen LogP contribution in [0.25, 0.3) is 0 Å². The van der Waals surface area contributed by atoms with Crippen LogP contribution in [0.4, 0.5) is 0 Å². The average Bonchev–Trinajstić information content (AvgIpc) is 2.51. The maximum absolute atomic E-state index is 11.1. The van der Waals surface area contributed by atoms with Crippen molar-refractivity contribution in [1.82, 2.24) is 0 Å². The number of ether oxygens (including phenoxy) is 1. The molecule has 0 radical (unpaired) electrons. The van der Waals surface area contributed by atoms with Crippen LogP contribution in [-0.4, -0.2) is 18.9 Å². The Hall–Kier alpha value is -0.860. The molecule has 0 aromatic heterocycles. The summed E-state index contributed by atoms with van der Waals surface area (Å²) in [5.41, 5.74) is 0. The van der Waals surface area contributed by atoms with E-state index < -0.39 is 0 Å². The van der Waals surface area contributed by atoms with E-state index >= 15 is 0 Å². The minimum Gasteiger partial charge on any atom is -0.466 e. The van der Waals surface area contributed by atoms with Gasteiger partial charge in [-0.1, -0.05) is 71.1 Å². The predicted molar refractivity (Wildman–Crippen MR) is 92.0 cm³/mol. The van der Waals surface area contributed by atoms with E-state index in [-0.39, 0.29) is 5.97 Å². The lowest BCUT2D eigenvalue weighted by atomic mass is 10.0. The first-order valence-electron chi connectivity index (χ1n) is 9.40. The fourth-order valence-electron chi connectivity index (χ4n) is 2.56. The van der Waals surface area contributed by atoms with Crippen molar-refractivity contribution in [2.45, 2.75) is 103 Å². The van der Waals surface area contributed by atoms with E-state index in [1.807, 2.05) is 6.92 Å². The minimum atomic E-state index is -0.0475. The molecule has 0 N–H and O–H groups in total. The lowest BCUT2D eigenvalue weighted by molar-refractivity contribution is -0.143. The van der Waals surface area contributed by atoms with E-state index in [1.165, 1.54) is 64.2 Å². The van der Waals surface area contributed by atoms with Crippen LogP contribution in [-0.2, 0) is 14.3 Å². The summed E-state index contributed by atoms with van der Waals surface area (Å²) >= 11 is 0. The first kappa shape index (κ1) is 21.1. The van der Waals surface area contributed by atoms with Crippen LogP contribution >= 0.6 is 0 Å². The van der Waals surface area contributed by atoms with Gasteiger partial charge >= 0.3 is 5.97 Å². The van der Waals surface area contributed by atoms with E-state index in [9.17, 15) is 9.59 Å². The van der Waals surface area contributed by atoms with Gasteiger partial charge in [0, 0.05) is 12.8 Å². The zero-order valence-corrected chi connectivity index (χ0v) is 14.6. The number of rotatable bonds is 17. The molecule has 3 nitrogen and oxygen atoms in total. The highest BCUT2D eigenvalue weighted by Gasteiger charge is 1.99. The second-order valence-corrected chi connectivity index (χ2v) is 6.17. The van der Waals surface area contributed by atoms with E-state index in [4.69, 9.17) is 4.74 Å². The van der Waals surface area contributed by atoms with E-state index in [1.54, 1.807) is 0 Å². The molecular formula is C19H36O3. The van der Waals surface area contributed by atoms with Crippen LogP contribution in [0.3, 0.4) is 0 Å². The summed E-state index contributed by atoms with van der Waals surface area (Å²) in [7, 11) is 0. The molecule has 0 aliphatic carbocycles. The molecule has 130 valence electrons. The van der Waals surface area contributed by atoms with Crippen LogP contribution in [0.2, 0.25) is 0 Å². The van der Waals surface area contributed by atoms with Gasteiger partial charge in [0.2, 0.25) is 0 Å². The molecular weight excluding hydrogens is 276 g/mol. The molecule has 0 bridgehead atoms. The minimum absolute atomic E-state index is 0.0475. The molecule has 0 aliphatic heterocycles. The first-order chi connectivity index (χ1) is 10.8. The number of carbonyl (C=O) groups is 2. The Morgan fingerprint density at radius 3 is 1.68 bits per heavy atom. The summed E-state index contributed by atoms with van der Waals surface area (Å²) in [6, 6.07) is 0. The van der Waals surface area contributed by atoms with E-state index in [0.29, 0.717) is 13.0 Å². The van der Waals surface area contributed by atoms with Gasteiger partial charge in [-0.25, -0.2) is 0 Å². The number of unbranched alkanes of at least 4 members (excludes halogenated alkanes) is 12. The van der Waals surface area contributed by atoms with Crippen molar-refractivity contribution in [2.75, 3.05) is 6.61 Å². The largest absolute Gasteiger partial charge is 0.466 e. The molecule has 0 aromatic carbocycles. The molecule has 0 unspecified atom stereocenters. The highest BCUT2D eigenvalue weighted by Crippen LogP contribution is 2.12. The number of hydrogen-bond acceptors (Lipinski definition) is 3. The standard InChI is InChI=1S/C19H36O3/c1-2-16-19(21)22-18-15-13-11-9-7-5-3-4-6-8-10-12-14-17-20/h17H,2-16,18H2,1H3. The molecule has 0 rings (SSSR count). The first-order valence-corrected chi connectivity index (χ1v) is 9.40. The van der Waals surface area contributed by atoms with Gasteiger partial charge < -0.3 is 9.53 Å². The highest BCUT2D eigenvalue weighted by atomic mass is 16.5. The second kappa shape index (κ2) is 18.2. The molecule has 0 aromatic rings. The third-order valence-corrected chi connectivity index (χ3v) is 3.93. The summed E-state index contributed by atoms with van der Waals surface area (Å²) < 4.78 is 5.13. The Bertz CT molecular complexity index is 251. The quantitative estimate of drug-likeness (QED) is 0.199. The predicted octanol–water partition coefficient (Wildman–Crippen LogP) is 5.60. The lowest BCUT2D eigenvalue weighted by Gasteiger charge is -2.04. The van der Waals surface area contributed by atoms with Crippen LogP contribution in [0.1, 0.15) is 103 Å². The molecule has 0 amide bonds. The Balaban J connectivity index is 3.02. The number of aldehydes is 1. The Morgan fingerprint density at radius 2 is 1.23 bits per heavy atom. The maximum Gasteiger partial charge on any atom is 0.305 e. The van der Waals surface area contributed by atoms with Gasteiger partial charge in [0.25, 0.3) is 0 Å². The van der Waals surface area contributed by atoms with Crippen molar-refractivity contribution >= 4 is 12.3 Å². The van der Waals surface area contributed by atoms with Crippen LogP contribution < -0.4 is 0 Å². The third-order valence-electron chi connectivity index (χ3n) is 3.93. The summed E-state index contributed by atoms with van der Waals surface area (Å²) in [6.07, 6.45) is 18.2. The smallest absolute Gasteiger partial charge is 0.305 e. The summed E-state index contributed by atoms with van der Waals surface area (Å²) in [6.45, 7) is 2.60. The van der Waals surface area contributed by atoms with Gasteiger partial charge in [-0.05, 0) is 19.3 Å². The van der Waals surface area contributed by atoms with Crippen LogP contribution in [0.5, 0.6) is 0 Å². The molecule has 3 heteroatoms. The topological polar surface area (TPSA) is 43.4 Å². The van der Waals surface area contributed by atoms with Crippen molar-refractivity contribution in [1.29, 1.82) is 0 Å². The van der Waals surface area contributed by atoms with Crippen molar-refractivity contribution in [3.63, 3.8) is 0 Å². The van der Waals surface area contributed by atoms with Gasteiger partial charge in [0.05, 0.1) is 6.61 Å². The Kier molecular flexibility index (Phi) is 17.5. The molecule has 22 heavy (non-hydrogen) atoms. The summed E-state index contributed by atoms with van der Waals surface area (Å²) in [4.78, 5) is 21.3. The Labute approximate surface area is 137 Å². The number of esters is 1. The van der Waals surface area contributed by atoms with Crippen molar-refractivity contribution < 1.29 is 14.3 Å². The molecule has 0 heterocycles. The molecule has 0 fully saturated rings. The van der Waals surface area contributed by atoms with Crippen LogP contribution in [0.15, 0.2) is 0 Å². The SMILES string of the molecule is CCCC(=O)OCCCCCCCCCCCCCCC=O. The highest BCUT2D eigenvalue weighted by molar-refractivity contribution is 5.69. The Morgan fingerprint density at radius 1 is 0.773 bits per heavy atom. The fourth-order valence-corrected chi connectivity index (χ4v) is 2.56. The van der Waals surface area contributed by atoms with E-state index in [2.05, 4.69) is 0 Å². The average molecular weight is 312 g/mol. The molecule has 0 saturated heterocycles. The summed E-state index contributed by atoms with van der Waals surface area (Å²) in [5.74, 6) is -0.0475. The molecule has 0 atom stereocenters. The number of hydrogen-bond donors (Lipinski definition) is 0. The van der Waals surface area contributed by atoms with Crippen LogP contribution in [0, 0.1) is 0 Å². The zero-order chi connectivity index (χ0) is 16.3. The van der Waals surface area contributed by atoms with Gasteiger partial charge in [0.15, 0.2) is 0 Å². The van der Waals surface area contributed by atoms with Crippen molar-refractivity contribution in [3.8, 4) is 0 Å². The molecule has 0 aliphatic rings.